The predicted octanol–water partition coefficient (Wildman–Crippen LogP) is 3.97. The number of rotatable bonds is 7. The molecule has 5 nitrogen and oxygen atoms in total. The molecule has 1 heterocycles. The average molecular weight is 360 g/mol. The number of hydrogen-bond donors (Lipinski definition) is 2. The van der Waals surface area contributed by atoms with Crippen LogP contribution in [0, 0.1) is 6.92 Å². The summed E-state index contributed by atoms with van der Waals surface area (Å²) in [5.74, 6) is -0.0968. The summed E-state index contributed by atoms with van der Waals surface area (Å²) < 4.78 is 0. The molecule has 1 fully saturated rings. The molecule has 0 spiro atoms. The molecule has 0 saturated heterocycles. The van der Waals surface area contributed by atoms with E-state index in [9.17, 15) is 9.59 Å². The summed E-state index contributed by atoms with van der Waals surface area (Å²) in [7, 11) is 0. The molecular weight excluding hydrogens is 326 g/mol. The van der Waals surface area contributed by atoms with Crippen LogP contribution in [0.4, 0.5) is 0 Å². The van der Waals surface area contributed by atoms with Crippen LogP contribution in [0.2, 0.25) is 0 Å². The molecule has 1 aromatic rings. The fraction of sp³-hybridized carbons (Fsp3) is 0.667. The molecule has 2 amide bonds. The van der Waals surface area contributed by atoms with Gasteiger partial charge < -0.3 is 10.6 Å². The minimum absolute atomic E-state index is 0.00699. The number of pyridine rings is 1. The van der Waals surface area contributed by atoms with Gasteiger partial charge in [-0.05, 0) is 43.9 Å². The Balaban J connectivity index is 1.75. The first kappa shape index (κ1) is 20.4. The van der Waals surface area contributed by atoms with Gasteiger partial charge in [-0.25, -0.2) is 0 Å². The zero-order valence-corrected chi connectivity index (χ0v) is 16.2. The predicted molar refractivity (Wildman–Crippen MR) is 104 cm³/mol. The SMILES string of the molecule is CCC(NC(=O)CCC(=O)NC1CCCCCCC1)c1cc(C)ccn1. The first-order valence-electron chi connectivity index (χ1n) is 10.1. The van der Waals surface area contributed by atoms with Gasteiger partial charge in [0.05, 0.1) is 11.7 Å². The number of nitrogens with one attached hydrogen (secondary N) is 2. The van der Waals surface area contributed by atoms with E-state index in [4.69, 9.17) is 0 Å². The Morgan fingerprint density at radius 1 is 1.12 bits per heavy atom. The van der Waals surface area contributed by atoms with Crippen LogP contribution in [-0.4, -0.2) is 22.8 Å². The summed E-state index contributed by atoms with van der Waals surface area (Å²) in [5.41, 5.74) is 2.00. The standard InChI is InChI=1S/C21H33N3O2/c1-3-18(19-15-16(2)13-14-22-19)24-21(26)12-11-20(25)23-17-9-7-5-4-6-8-10-17/h13-15,17-18H,3-12H2,1-2H3,(H,23,25)(H,24,26). The maximum atomic E-state index is 12.2. The molecule has 0 radical (unpaired) electrons. The van der Waals surface area contributed by atoms with Crippen molar-refractivity contribution in [3.05, 3.63) is 29.6 Å². The van der Waals surface area contributed by atoms with Crippen LogP contribution in [0.15, 0.2) is 18.3 Å². The van der Waals surface area contributed by atoms with Gasteiger partial charge in [-0.3, -0.25) is 14.6 Å². The Morgan fingerprint density at radius 3 is 2.42 bits per heavy atom. The van der Waals surface area contributed by atoms with E-state index >= 15 is 0 Å². The van der Waals surface area contributed by atoms with Crippen molar-refractivity contribution in [2.24, 2.45) is 0 Å². The van der Waals surface area contributed by atoms with Gasteiger partial charge >= 0.3 is 0 Å². The van der Waals surface area contributed by atoms with Gasteiger partial charge in [-0.15, -0.1) is 0 Å². The van der Waals surface area contributed by atoms with Gasteiger partial charge in [0.25, 0.3) is 0 Å². The lowest BCUT2D eigenvalue weighted by Gasteiger charge is -2.21. The lowest BCUT2D eigenvalue weighted by Crippen LogP contribution is -2.36. The van der Waals surface area contributed by atoms with Crippen LogP contribution in [0.5, 0.6) is 0 Å². The Hall–Kier alpha value is -1.91. The molecule has 26 heavy (non-hydrogen) atoms. The minimum Gasteiger partial charge on any atom is -0.353 e. The van der Waals surface area contributed by atoms with E-state index in [0.717, 1.165) is 30.5 Å². The zero-order valence-electron chi connectivity index (χ0n) is 16.2. The molecule has 1 aliphatic carbocycles. The molecule has 1 unspecified atom stereocenters. The van der Waals surface area contributed by atoms with Crippen LogP contribution >= 0.6 is 0 Å². The molecule has 1 aromatic heterocycles. The van der Waals surface area contributed by atoms with Crippen LogP contribution in [0.1, 0.15) is 88.4 Å². The highest BCUT2D eigenvalue weighted by atomic mass is 16.2. The molecule has 0 bridgehead atoms. The fourth-order valence-electron chi connectivity index (χ4n) is 3.53. The Kier molecular flexibility index (Phi) is 8.59. The van der Waals surface area contributed by atoms with Crippen LogP contribution in [0.3, 0.4) is 0 Å². The van der Waals surface area contributed by atoms with Crippen molar-refractivity contribution in [3.63, 3.8) is 0 Å². The molecule has 2 rings (SSSR count). The summed E-state index contributed by atoms with van der Waals surface area (Å²) in [4.78, 5) is 28.8. The van der Waals surface area contributed by atoms with Crippen LogP contribution < -0.4 is 10.6 Å². The van der Waals surface area contributed by atoms with E-state index in [1.54, 1.807) is 6.20 Å². The third-order valence-electron chi connectivity index (χ3n) is 5.09. The number of aromatic nitrogens is 1. The van der Waals surface area contributed by atoms with Crippen molar-refractivity contribution in [3.8, 4) is 0 Å². The highest BCUT2D eigenvalue weighted by molar-refractivity contribution is 5.84. The van der Waals surface area contributed by atoms with Gasteiger partial charge in [0.15, 0.2) is 0 Å². The van der Waals surface area contributed by atoms with E-state index < -0.39 is 0 Å². The van der Waals surface area contributed by atoms with Crippen molar-refractivity contribution < 1.29 is 9.59 Å². The largest absolute Gasteiger partial charge is 0.353 e. The molecule has 2 N–H and O–H groups in total. The third-order valence-corrected chi connectivity index (χ3v) is 5.09. The second-order valence-corrected chi connectivity index (χ2v) is 7.40. The first-order chi connectivity index (χ1) is 12.6. The minimum atomic E-state index is -0.101. The van der Waals surface area contributed by atoms with Crippen molar-refractivity contribution in [1.82, 2.24) is 15.6 Å². The maximum absolute atomic E-state index is 12.2. The number of carbonyl (C=O) groups excluding carboxylic acids is 2. The summed E-state index contributed by atoms with van der Waals surface area (Å²) >= 11 is 0. The molecule has 0 aliphatic heterocycles. The molecule has 1 aliphatic rings. The highest BCUT2D eigenvalue weighted by Crippen LogP contribution is 2.18. The van der Waals surface area contributed by atoms with E-state index in [-0.39, 0.29) is 36.7 Å². The normalized spacial score (nSPS) is 17.0. The average Bonchev–Trinajstić information content (AvgIpc) is 2.60. The summed E-state index contributed by atoms with van der Waals surface area (Å²) in [6, 6.07) is 4.12. The molecular formula is C21H33N3O2. The molecule has 144 valence electrons. The molecule has 1 saturated carbocycles. The van der Waals surface area contributed by atoms with E-state index in [1.165, 1.54) is 32.1 Å². The van der Waals surface area contributed by atoms with E-state index in [1.807, 2.05) is 26.0 Å². The molecule has 0 aromatic carbocycles. The van der Waals surface area contributed by atoms with Crippen molar-refractivity contribution >= 4 is 11.8 Å². The first-order valence-corrected chi connectivity index (χ1v) is 10.1. The summed E-state index contributed by atoms with van der Waals surface area (Å²) in [6.07, 6.45) is 11.4. The van der Waals surface area contributed by atoms with E-state index in [2.05, 4.69) is 15.6 Å². The summed E-state index contributed by atoms with van der Waals surface area (Å²) in [6.45, 7) is 4.04. The number of hydrogen-bond acceptors (Lipinski definition) is 3. The number of nitrogens with zero attached hydrogens (tertiary/aromatic N) is 1. The molecule has 5 heteroatoms. The van der Waals surface area contributed by atoms with Crippen LogP contribution in [-0.2, 0) is 9.59 Å². The van der Waals surface area contributed by atoms with Gasteiger partial charge in [0, 0.05) is 25.1 Å². The Labute approximate surface area is 157 Å². The summed E-state index contributed by atoms with van der Waals surface area (Å²) in [5, 5.41) is 6.12. The second kappa shape index (κ2) is 10.9. The van der Waals surface area contributed by atoms with Gasteiger partial charge in [0.2, 0.25) is 11.8 Å². The van der Waals surface area contributed by atoms with Gasteiger partial charge in [0.1, 0.15) is 0 Å². The lowest BCUT2D eigenvalue weighted by atomic mass is 9.96. The van der Waals surface area contributed by atoms with Crippen molar-refractivity contribution in [1.29, 1.82) is 0 Å². The van der Waals surface area contributed by atoms with Gasteiger partial charge in [-0.1, -0.05) is 39.0 Å². The topological polar surface area (TPSA) is 71.1 Å². The van der Waals surface area contributed by atoms with Crippen molar-refractivity contribution in [2.75, 3.05) is 0 Å². The van der Waals surface area contributed by atoms with E-state index in [0.29, 0.717) is 0 Å². The van der Waals surface area contributed by atoms with Gasteiger partial charge in [-0.2, -0.15) is 0 Å². The number of amides is 2. The number of aryl methyl sites for hydroxylation is 1. The second-order valence-electron chi connectivity index (χ2n) is 7.40. The fourth-order valence-corrected chi connectivity index (χ4v) is 3.53. The zero-order chi connectivity index (χ0) is 18.8. The van der Waals surface area contributed by atoms with Crippen LogP contribution in [0.25, 0.3) is 0 Å². The Morgan fingerprint density at radius 2 is 1.77 bits per heavy atom. The maximum Gasteiger partial charge on any atom is 0.221 e. The number of carbonyl (C=O) groups is 2. The third kappa shape index (κ3) is 7.14. The lowest BCUT2D eigenvalue weighted by molar-refractivity contribution is -0.127. The highest BCUT2D eigenvalue weighted by Gasteiger charge is 2.17. The quantitative estimate of drug-likeness (QED) is 0.774. The van der Waals surface area contributed by atoms with Crippen molar-refractivity contribution in [2.45, 2.75) is 90.1 Å². The molecule has 1 atom stereocenters. The smallest absolute Gasteiger partial charge is 0.221 e. The Bertz CT molecular complexity index is 580. The monoisotopic (exact) mass is 359 g/mol.